The van der Waals surface area contributed by atoms with Crippen LogP contribution in [0.2, 0.25) is 5.02 Å². The molecule has 1 aliphatic rings. The summed E-state index contributed by atoms with van der Waals surface area (Å²) < 4.78 is 55.4. The summed E-state index contributed by atoms with van der Waals surface area (Å²) in [5.74, 6) is -0.532. The first-order valence-corrected chi connectivity index (χ1v) is 21.7. The largest absolute Gasteiger partial charge is 0.417 e. The number of rotatable bonds is 9. The number of amides is 4. The van der Waals surface area contributed by atoms with E-state index in [1.165, 1.54) is 34.8 Å². The summed E-state index contributed by atoms with van der Waals surface area (Å²) in [7, 11) is 0. The smallest absolute Gasteiger partial charge is 0.308 e. The van der Waals surface area contributed by atoms with Crippen molar-refractivity contribution in [2.24, 2.45) is 4.99 Å². The number of carbonyl (C=O) groups excluding carboxylic acids is 2. The number of thiazole rings is 2. The summed E-state index contributed by atoms with van der Waals surface area (Å²) >= 11 is 8.70. The van der Waals surface area contributed by atoms with E-state index < -0.39 is 34.6 Å². The number of allylic oxidation sites excluding steroid dienone is 1. The second kappa shape index (κ2) is 18.2. The Kier molecular flexibility index (Phi) is 12.4. The maximum absolute atomic E-state index is 15.2. The first kappa shape index (κ1) is 43.9. The van der Waals surface area contributed by atoms with Crippen LogP contribution in [-0.4, -0.2) is 33.2 Å². The Morgan fingerprint density at radius 2 is 1.42 bits per heavy atom. The molecule has 10 nitrogen and oxygen atoms in total. The van der Waals surface area contributed by atoms with E-state index >= 15 is 4.39 Å². The molecule has 0 fully saturated rings. The zero-order valence-electron chi connectivity index (χ0n) is 34.5. The van der Waals surface area contributed by atoms with Crippen LogP contribution < -0.4 is 21.3 Å². The number of anilines is 4. The lowest BCUT2D eigenvalue weighted by Crippen LogP contribution is -2.20. The van der Waals surface area contributed by atoms with Crippen molar-refractivity contribution in [3.8, 4) is 43.4 Å². The Bertz CT molecular complexity index is 3020. The average molecular weight is 921 g/mol. The molecule has 0 radical (unpaired) electrons. The van der Waals surface area contributed by atoms with Gasteiger partial charge in [0.15, 0.2) is 0 Å². The molecule has 0 saturated carbocycles. The zero-order chi connectivity index (χ0) is 45.3. The Labute approximate surface area is 378 Å². The maximum Gasteiger partial charge on any atom is 0.417 e. The van der Waals surface area contributed by atoms with Gasteiger partial charge in [0.1, 0.15) is 5.82 Å². The fourth-order valence-electron chi connectivity index (χ4n) is 7.24. The van der Waals surface area contributed by atoms with E-state index in [-0.39, 0.29) is 17.3 Å². The molecule has 324 valence electrons. The van der Waals surface area contributed by atoms with Crippen molar-refractivity contribution in [2.75, 3.05) is 21.3 Å². The quantitative estimate of drug-likeness (QED) is 0.107. The van der Waals surface area contributed by atoms with Gasteiger partial charge in [-0.25, -0.2) is 23.9 Å². The van der Waals surface area contributed by atoms with Crippen molar-refractivity contribution < 1.29 is 27.2 Å². The third-order valence-corrected chi connectivity index (χ3v) is 12.7. The SMILES string of the molecule is CC1=CN=CCC1c1nc(C)sc1-c1ccc(F)c(NC(=O)Nc2ccc(C)c(-c3cc(-c4nc(C)sc4-c4cccc(NC(=O)Nc5ccc(Cl)c(C(F)(F)F)c5)c4)ccn3)c2)c1. The number of alkyl halides is 3. The number of nitrogens with zero attached hydrogens (tertiary/aromatic N) is 4. The molecule has 17 heteroatoms. The minimum atomic E-state index is -4.69. The van der Waals surface area contributed by atoms with Crippen LogP contribution in [0.1, 0.15) is 46.1 Å². The summed E-state index contributed by atoms with van der Waals surface area (Å²) in [6, 6.07) is 22.6. The molecule has 4 heterocycles. The summed E-state index contributed by atoms with van der Waals surface area (Å²) in [5.41, 5.74) is 6.88. The van der Waals surface area contributed by atoms with Crippen LogP contribution in [0.3, 0.4) is 0 Å². The van der Waals surface area contributed by atoms with E-state index in [0.29, 0.717) is 29.2 Å². The van der Waals surface area contributed by atoms with Crippen LogP contribution in [0.25, 0.3) is 43.4 Å². The monoisotopic (exact) mass is 920 g/mol. The highest BCUT2D eigenvalue weighted by molar-refractivity contribution is 7.15. The molecule has 3 aromatic heterocycles. The second-order valence-electron chi connectivity index (χ2n) is 14.9. The third-order valence-electron chi connectivity index (χ3n) is 10.3. The molecule has 0 aliphatic carbocycles. The van der Waals surface area contributed by atoms with E-state index in [9.17, 15) is 22.8 Å². The summed E-state index contributed by atoms with van der Waals surface area (Å²) in [4.78, 5) is 46.6. The van der Waals surface area contributed by atoms with E-state index in [0.717, 1.165) is 71.0 Å². The van der Waals surface area contributed by atoms with E-state index in [1.54, 1.807) is 48.7 Å². The number of aliphatic imine (C=N–C) groups is 1. The van der Waals surface area contributed by atoms with Crippen LogP contribution in [0.15, 0.2) is 114 Å². The highest BCUT2D eigenvalue weighted by Crippen LogP contribution is 2.42. The molecule has 0 saturated heterocycles. The van der Waals surface area contributed by atoms with Crippen LogP contribution in [0.4, 0.5) is 49.9 Å². The first-order valence-electron chi connectivity index (χ1n) is 19.7. The van der Waals surface area contributed by atoms with Gasteiger partial charge in [0.25, 0.3) is 0 Å². The van der Waals surface area contributed by atoms with Crippen molar-refractivity contribution in [3.63, 3.8) is 0 Å². The average Bonchev–Trinajstić information content (AvgIpc) is 3.85. The van der Waals surface area contributed by atoms with Gasteiger partial charge in [-0.1, -0.05) is 35.9 Å². The fraction of sp³-hybridized carbons (Fsp3) is 0.149. The number of pyridine rings is 1. The Morgan fingerprint density at radius 3 is 2.19 bits per heavy atom. The van der Waals surface area contributed by atoms with Crippen LogP contribution in [-0.2, 0) is 6.18 Å². The zero-order valence-corrected chi connectivity index (χ0v) is 36.9. The first-order chi connectivity index (χ1) is 30.6. The topological polar surface area (TPSA) is 133 Å². The molecule has 8 rings (SSSR count). The number of hydrogen-bond acceptors (Lipinski definition) is 8. The molecule has 64 heavy (non-hydrogen) atoms. The van der Waals surface area contributed by atoms with Crippen molar-refractivity contribution in [1.29, 1.82) is 0 Å². The van der Waals surface area contributed by atoms with Crippen molar-refractivity contribution in [3.05, 3.63) is 147 Å². The minimum Gasteiger partial charge on any atom is -0.308 e. The number of aromatic nitrogens is 3. The van der Waals surface area contributed by atoms with Crippen molar-refractivity contribution in [1.82, 2.24) is 15.0 Å². The number of halogens is 5. The van der Waals surface area contributed by atoms with Crippen molar-refractivity contribution >= 4 is 75.3 Å². The predicted molar refractivity (Wildman–Crippen MR) is 249 cm³/mol. The number of urea groups is 2. The van der Waals surface area contributed by atoms with E-state index in [4.69, 9.17) is 21.6 Å². The van der Waals surface area contributed by atoms with E-state index in [2.05, 4.69) is 31.2 Å². The standard InChI is InChI=1S/C47H37ClF4N8O2S2/c1-24-8-10-32(58-46(62)60-40-20-30(9-13-38(40)49)44-42(56-27(4)64-44)34-15-16-53-23-25(34)2)21-35(24)39-19-28(14-17-54-39)41-43(63-26(3)55-41)29-6-5-7-31(18-29)57-45(61)59-33-11-12-37(48)36(22-33)47(50,51)52/h5-14,16-23,34H,15H2,1-4H3,(H2,57,59,61)(H2,58,60,62). The van der Waals surface area contributed by atoms with Gasteiger partial charge in [0, 0.05) is 52.7 Å². The minimum absolute atomic E-state index is 0.0195. The predicted octanol–water partition coefficient (Wildman–Crippen LogP) is 14.1. The lowest BCUT2D eigenvalue weighted by Gasteiger charge is -2.18. The molecule has 4 amide bonds. The van der Waals surface area contributed by atoms with Gasteiger partial charge >= 0.3 is 18.2 Å². The molecule has 1 unspecified atom stereocenters. The van der Waals surface area contributed by atoms with Crippen molar-refractivity contribution in [2.45, 2.75) is 46.2 Å². The van der Waals surface area contributed by atoms with Gasteiger partial charge in [0.05, 0.1) is 53.1 Å². The van der Waals surface area contributed by atoms with Gasteiger partial charge < -0.3 is 21.3 Å². The lowest BCUT2D eigenvalue weighted by molar-refractivity contribution is -0.137. The molecule has 0 bridgehead atoms. The van der Waals surface area contributed by atoms with Crippen LogP contribution in [0, 0.1) is 26.6 Å². The lowest BCUT2D eigenvalue weighted by atomic mass is 9.91. The van der Waals surface area contributed by atoms with Crippen LogP contribution in [0.5, 0.6) is 0 Å². The number of aryl methyl sites for hydroxylation is 3. The number of carbonyl (C=O) groups is 2. The third kappa shape index (κ3) is 9.73. The highest BCUT2D eigenvalue weighted by atomic mass is 35.5. The molecule has 4 aromatic carbocycles. The van der Waals surface area contributed by atoms with Crippen LogP contribution >= 0.6 is 34.3 Å². The molecule has 4 N–H and O–H groups in total. The summed E-state index contributed by atoms with van der Waals surface area (Å²) in [5, 5.41) is 11.8. The second-order valence-corrected chi connectivity index (χ2v) is 17.8. The Balaban J connectivity index is 0.988. The molecule has 1 atom stereocenters. The van der Waals surface area contributed by atoms with Gasteiger partial charge in [0.2, 0.25) is 0 Å². The van der Waals surface area contributed by atoms with Gasteiger partial charge in [-0.05, 0) is 123 Å². The number of nitrogens with one attached hydrogen (secondary N) is 4. The molecule has 1 aliphatic heterocycles. The maximum atomic E-state index is 15.2. The fourth-order valence-corrected chi connectivity index (χ4v) is 9.38. The highest BCUT2D eigenvalue weighted by Gasteiger charge is 2.33. The van der Waals surface area contributed by atoms with E-state index in [1.807, 2.05) is 64.4 Å². The Hall–Kier alpha value is -6.75. The molecule has 0 spiro atoms. The number of benzene rings is 4. The summed E-state index contributed by atoms with van der Waals surface area (Å²) in [6.45, 7) is 7.76. The molecular weight excluding hydrogens is 884 g/mol. The number of hydrogen-bond donors (Lipinski definition) is 4. The normalized spacial score (nSPS) is 13.6. The van der Waals surface area contributed by atoms with Gasteiger partial charge in [-0.3, -0.25) is 9.98 Å². The van der Waals surface area contributed by atoms with Gasteiger partial charge in [-0.15, -0.1) is 22.7 Å². The van der Waals surface area contributed by atoms with Gasteiger partial charge in [-0.2, -0.15) is 13.2 Å². The molecule has 7 aromatic rings. The Morgan fingerprint density at radius 1 is 0.734 bits per heavy atom. The summed E-state index contributed by atoms with van der Waals surface area (Å²) in [6.07, 6.45) is 1.39. The molecular formula is C47H37ClF4N8O2S2.